The van der Waals surface area contributed by atoms with Crippen LogP contribution in [0, 0.1) is 29.1 Å². The minimum absolute atomic E-state index is 0.197. The molecule has 3 aromatic carbocycles. The summed E-state index contributed by atoms with van der Waals surface area (Å²) < 4.78 is 82.9. The van der Waals surface area contributed by atoms with Gasteiger partial charge < -0.3 is 10.2 Å². The fourth-order valence-corrected chi connectivity index (χ4v) is 5.09. The summed E-state index contributed by atoms with van der Waals surface area (Å²) in [5, 5.41) is 3.33. The van der Waals surface area contributed by atoms with Gasteiger partial charge in [-0.1, -0.05) is 29.8 Å². The number of hydrogen-bond acceptors (Lipinski definition) is 5. The summed E-state index contributed by atoms with van der Waals surface area (Å²) in [5.41, 5.74) is 0.318. The highest BCUT2D eigenvalue weighted by Crippen LogP contribution is 2.37. The molecule has 0 bridgehead atoms. The van der Waals surface area contributed by atoms with Gasteiger partial charge in [0.25, 0.3) is 0 Å². The van der Waals surface area contributed by atoms with E-state index in [4.69, 9.17) is 11.6 Å². The molecule has 36 heavy (non-hydrogen) atoms. The van der Waals surface area contributed by atoms with Gasteiger partial charge in [-0.3, -0.25) is 4.21 Å². The summed E-state index contributed by atoms with van der Waals surface area (Å²) in [4.78, 5) is 9.14. The molecule has 1 aliphatic heterocycles. The Hall–Kier alpha value is -3.31. The van der Waals surface area contributed by atoms with Crippen LogP contribution in [0.25, 0.3) is 22.0 Å². The number of benzene rings is 3. The summed E-state index contributed by atoms with van der Waals surface area (Å²) in [6.07, 6.45) is 2.25. The van der Waals surface area contributed by atoms with Crippen molar-refractivity contribution >= 4 is 44.8 Å². The van der Waals surface area contributed by atoms with Crippen molar-refractivity contribution in [3.8, 4) is 11.1 Å². The molecule has 1 aliphatic rings. The van der Waals surface area contributed by atoms with Crippen LogP contribution in [0.2, 0.25) is 5.02 Å². The van der Waals surface area contributed by atoms with Crippen molar-refractivity contribution in [1.82, 2.24) is 9.97 Å². The van der Waals surface area contributed by atoms with Crippen molar-refractivity contribution in [2.24, 2.45) is 0 Å². The molecule has 1 atom stereocenters. The van der Waals surface area contributed by atoms with Gasteiger partial charge in [0.2, 0.25) is 0 Å². The first-order valence-electron chi connectivity index (χ1n) is 10.6. The predicted octanol–water partition coefficient (Wildman–Crippen LogP) is 5.68. The molecule has 1 aromatic heterocycles. The molecular formula is C24H16ClF5N4OS. The first-order valence-corrected chi connectivity index (χ1v) is 12.5. The van der Waals surface area contributed by atoms with Gasteiger partial charge in [-0.05, 0) is 18.2 Å². The van der Waals surface area contributed by atoms with Crippen molar-refractivity contribution in [2.75, 3.05) is 29.6 Å². The van der Waals surface area contributed by atoms with Crippen LogP contribution in [0.4, 0.5) is 33.5 Å². The smallest absolute Gasteiger partial charge is 0.186 e. The Labute approximate surface area is 209 Å². The second kappa shape index (κ2) is 9.29. The highest BCUT2D eigenvalue weighted by atomic mass is 35.5. The Kier molecular flexibility index (Phi) is 6.29. The predicted molar refractivity (Wildman–Crippen MR) is 128 cm³/mol. The summed E-state index contributed by atoms with van der Waals surface area (Å²) in [6, 6.07) is 8.88. The second-order valence-electron chi connectivity index (χ2n) is 8.19. The van der Waals surface area contributed by atoms with Crippen LogP contribution in [0.3, 0.4) is 0 Å². The topological polar surface area (TPSA) is 58.1 Å². The van der Waals surface area contributed by atoms with E-state index < -0.39 is 56.5 Å². The van der Waals surface area contributed by atoms with Crippen LogP contribution in [0.15, 0.2) is 47.6 Å². The summed E-state index contributed by atoms with van der Waals surface area (Å²) >= 11 is 6.45. The lowest BCUT2D eigenvalue weighted by Gasteiger charge is -2.41. The molecule has 0 saturated carbocycles. The lowest BCUT2D eigenvalue weighted by Crippen LogP contribution is -2.55. The van der Waals surface area contributed by atoms with Crippen LogP contribution < -0.4 is 10.2 Å². The zero-order valence-electron chi connectivity index (χ0n) is 18.5. The maximum Gasteiger partial charge on any atom is 0.186 e. The van der Waals surface area contributed by atoms with Gasteiger partial charge in [0.05, 0.1) is 22.4 Å². The number of fused-ring (bicyclic) bond motifs is 1. The van der Waals surface area contributed by atoms with Crippen molar-refractivity contribution in [1.29, 1.82) is 0 Å². The average molecular weight is 539 g/mol. The van der Waals surface area contributed by atoms with Gasteiger partial charge in [-0.25, -0.2) is 31.9 Å². The van der Waals surface area contributed by atoms with E-state index in [-0.39, 0.29) is 18.1 Å². The van der Waals surface area contributed by atoms with E-state index in [1.54, 1.807) is 35.2 Å². The third kappa shape index (κ3) is 4.05. The Bertz CT molecular complexity index is 1520. The van der Waals surface area contributed by atoms with Gasteiger partial charge in [0, 0.05) is 40.9 Å². The SMILES string of the molecule is C[S@](=O)c1c(F)c(F)c(NC2CN(c3ncnc4cc(-c5ccccc5F)c(Cl)cc34)C2)c(F)c1F. The Morgan fingerprint density at radius 2 is 1.64 bits per heavy atom. The molecule has 0 spiro atoms. The third-order valence-corrected chi connectivity index (χ3v) is 7.15. The first kappa shape index (κ1) is 24.4. The van der Waals surface area contributed by atoms with E-state index in [0.29, 0.717) is 27.8 Å². The standard InChI is InChI=1S/C24H16ClF5N4OS/c1-36(35)23-20(29)18(27)22(19(28)21(23)30)33-11-8-34(9-11)24-14-6-15(25)13(7-17(14)31-10-32-24)12-4-2-3-5-16(12)26/h2-7,10-11,33H,8-9H2,1H3/t36-/m0/s1. The molecule has 1 N–H and O–H groups in total. The molecule has 5 rings (SSSR count). The number of hydrogen-bond donors (Lipinski definition) is 1. The maximum absolute atomic E-state index is 14.4. The molecule has 0 amide bonds. The molecule has 4 aromatic rings. The van der Waals surface area contributed by atoms with Crippen molar-refractivity contribution in [3.63, 3.8) is 0 Å². The van der Waals surface area contributed by atoms with Crippen LogP contribution in [-0.2, 0) is 10.8 Å². The molecule has 2 heterocycles. The molecule has 186 valence electrons. The minimum Gasteiger partial charge on any atom is -0.374 e. The molecule has 5 nitrogen and oxygen atoms in total. The van der Waals surface area contributed by atoms with E-state index in [2.05, 4.69) is 15.3 Å². The number of halogens is 6. The van der Waals surface area contributed by atoms with Crippen molar-refractivity contribution in [2.45, 2.75) is 10.9 Å². The van der Waals surface area contributed by atoms with Crippen LogP contribution in [0.5, 0.6) is 0 Å². The fraction of sp³-hybridized carbons (Fsp3) is 0.167. The molecule has 1 fully saturated rings. The third-order valence-electron chi connectivity index (χ3n) is 5.91. The number of aromatic nitrogens is 2. The monoisotopic (exact) mass is 538 g/mol. The van der Waals surface area contributed by atoms with Crippen LogP contribution in [0.1, 0.15) is 0 Å². The van der Waals surface area contributed by atoms with E-state index in [0.717, 1.165) is 6.26 Å². The Morgan fingerprint density at radius 1 is 0.972 bits per heavy atom. The average Bonchev–Trinajstić information content (AvgIpc) is 2.81. The normalized spacial score (nSPS) is 14.7. The molecule has 0 aliphatic carbocycles. The van der Waals surface area contributed by atoms with E-state index in [1.165, 1.54) is 12.4 Å². The quantitative estimate of drug-likeness (QED) is 0.262. The minimum atomic E-state index is -2.25. The summed E-state index contributed by atoms with van der Waals surface area (Å²) in [7, 11) is -2.25. The van der Waals surface area contributed by atoms with Gasteiger partial charge in [0.1, 0.15) is 28.5 Å². The first-order chi connectivity index (χ1) is 17.2. The van der Waals surface area contributed by atoms with Gasteiger partial charge >= 0.3 is 0 Å². The highest BCUT2D eigenvalue weighted by Gasteiger charge is 2.33. The van der Waals surface area contributed by atoms with Crippen molar-refractivity contribution < 1.29 is 26.2 Å². The molecule has 1 saturated heterocycles. The fourth-order valence-electron chi connectivity index (χ4n) is 4.14. The zero-order chi connectivity index (χ0) is 25.7. The van der Waals surface area contributed by atoms with Crippen LogP contribution in [-0.4, -0.2) is 39.6 Å². The van der Waals surface area contributed by atoms with Gasteiger partial charge in [-0.15, -0.1) is 0 Å². The summed E-state index contributed by atoms with van der Waals surface area (Å²) in [6.45, 7) is 0.394. The Balaban J connectivity index is 1.41. The lowest BCUT2D eigenvalue weighted by molar-refractivity contribution is 0.423. The van der Waals surface area contributed by atoms with Crippen LogP contribution >= 0.6 is 11.6 Å². The van der Waals surface area contributed by atoms with Crippen molar-refractivity contribution in [3.05, 3.63) is 76.8 Å². The molecule has 12 heteroatoms. The summed E-state index contributed by atoms with van der Waals surface area (Å²) in [5.74, 6) is -6.63. The van der Waals surface area contributed by atoms with E-state index >= 15 is 0 Å². The van der Waals surface area contributed by atoms with E-state index in [9.17, 15) is 26.2 Å². The maximum atomic E-state index is 14.4. The second-order valence-corrected chi connectivity index (χ2v) is 9.91. The zero-order valence-corrected chi connectivity index (χ0v) is 20.0. The number of rotatable bonds is 5. The molecule has 0 unspecified atom stereocenters. The number of nitrogens with zero attached hydrogens (tertiary/aromatic N) is 3. The number of anilines is 2. The van der Waals surface area contributed by atoms with E-state index in [1.807, 2.05) is 0 Å². The molecule has 0 radical (unpaired) electrons. The molecular weight excluding hydrogens is 523 g/mol. The Morgan fingerprint density at radius 3 is 2.28 bits per heavy atom. The van der Waals surface area contributed by atoms with Gasteiger partial charge in [0.15, 0.2) is 23.3 Å². The number of nitrogens with one attached hydrogen (secondary N) is 1. The lowest BCUT2D eigenvalue weighted by atomic mass is 10.0. The highest BCUT2D eigenvalue weighted by molar-refractivity contribution is 7.84. The largest absolute Gasteiger partial charge is 0.374 e. The van der Waals surface area contributed by atoms with Gasteiger partial charge in [-0.2, -0.15) is 0 Å².